The van der Waals surface area contributed by atoms with Crippen molar-refractivity contribution in [1.82, 2.24) is 16.1 Å². The molecule has 0 aliphatic rings. The van der Waals surface area contributed by atoms with E-state index in [4.69, 9.17) is 32.0 Å². The molecule has 0 aliphatic heterocycles. The van der Waals surface area contributed by atoms with E-state index in [1.807, 2.05) is 13.8 Å². The van der Waals surface area contributed by atoms with Crippen molar-refractivity contribution < 1.29 is 27.5 Å². The van der Waals surface area contributed by atoms with E-state index in [0.717, 1.165) is 12.1 Å². The Bertz CT molecular complexity index is 658. The molecule has 12 heteroatoms. The second-order valence-electron chi connectivity index (χ2n) is 5.49. The van der Waals surface area contributed by atoms with Crippen LogP contribution < -0.4 is 25.6 Å². The van der Waals surface area contributed by atoms with Gasteiger partial charge in [-0.25, -0.2) is 10.3 Å². The van der Waals surface area contributed by atoms with Crippen molar-refractivity contribution in [2.75, 3.05) is 0 Å². The van der Waals surface area contributed by atoms with E-state index in [-0.39, 0.29) is 28.7 Å². The first-order valence-electron chi connectivity index (χ1n) is 7.84. The summed E-state index contributed by atoms with van der Waals surface area (Å²) in [6.45, 7) is 5.39. The Morgan fingerprint density at radius 2 is 1.89 bits per heavy atom. The van der Waals surface area contributed by atoms with Crippen LogP contribution in [-0.2, 0) is 4.84 Å². The summed E-state index contributed by atoms with van der Waals surface area (Å²) in [7, 11) is 0. The molecule has 0 saturated carbocycles. The molecular weight excluding hydrogens is 391 g/mol. The summed E-state index contributed by atoms with van der Waals surface area (Å²) in [5.74, 6) is -0.804. The summed E-state index contributed by atoms with van der Waals surface area (Å²) in [5.41, 5.74) is 2.27. The zero-order chi connectivity index (χ0) is 20.6. The fourth-order valence-electron chi connectivity index (χ4n) is 1.71. The third-order valence-electron chi connectivity index (χ3n) is 2.70. The molecular formula is C15H21ClF3N5O3. The smallest absolute Gasteiger partial charge is 0.461 e. The minimum atomic E-state index is -4.82. The molecule has 0 aromatic heterocycles. The molecule has 8 nitrogen and oxygen atoms in total. The quantitative estimate of drug-likeness (QED) is 0.204. The van der Waals surface area contributed by atoms with E-state index in [9.17, 15) is 13.2 Å². The molecule has 0 fully saturated rings. The molecule has 0 spiro atoms. The zero-order valence-electron chi connectivity index (χ0n) is 14.8. The normalized spacial score (nSPS) is 12.3. The molecule has 1 atom stereocenters. The lowest BCUT2D eigenvalue weighted by atomic mass is 10.3. The van der Waals surface area contributed by atoms with E-state index in [1.165, 1.54) is 6.07 Å². The van der Waals surface area contributed by atoms with E-state index < -0.39 is 18.4 Å². The minimum Gasteiger partial charge on any atom is -0.461 e. The van der Waals surface area contributed by atoms with Gasteiger partial charge in [0, 0.05) is 18.5 Å². The molecule has 0 bridgehead atoms. The van der Waals surface area contributed by atoms with E-state index in [1.54, 1.807) is 6.92 Å². The van der Waals surface area contributed by atoms with E-state index >= 15 is 0 Å². The van der Waals surface area contributed by atoms with Gasteiger partial charge in [0.1, 0.15) is 11.5 Å². The average molecular weight is 412 g/mol. The molecule has 27 heavy (non-hydrogen) atoms. The van der Waals surface area contributed by atoms with Gasteiger partial charge in [0.25, 0.3) is 0 Å². The largest absolute Gasteiger partial charge is 0.573 e. The Labute approximate surface area is 159 Å². The topological polar surface area (TPSA) is 111 Å². The number of hydrogen-bond donors (Lipinski definition) is 5. The van der Waals surface area contributed by atoms with Crippen molar-refractivity contribution in [3.63, 3.8) is 0 Å². The highest BCUT2D eigenvalue weighted by Crippen LogP contribution is 2.32. The first-order chi connectivity index (χ1) is 12.5. The summed E-state index contributed by atoms with van der Waals surface area (Å²) in [5, 5.41) is 20.3. The molecule has 0 saturated heterocycles. The number of nitrogens with one attached hydrogen (secondary N) is 5. The van der Waals surface area contributed by atoms with Crippen molar-refractivity contribution in [1.29, 1.82) is 10.8 Å². The van der Waals surface area contributed by atoms with Crippen molar-refractivity contribution in [2.45, 2.75) is 45.9 Å². The molecule has 0 aliphatic carbocycles. The number of hydrogen-bond acceptors (Lipinski definition) is 5. The maximum absolute atomic E-state index is 12.2. The zero-order valence-corrected chi connectivity index (χ0v) is 15.6. The number of hydroxylamine groups is 1. The van der Waals surface area contributed by atoms with E-state index in [0.29, 0.717) is 6.42 Å². The first-order valence-corrected chi connectivity index (χ1v) is 8.22. The van der Waals surface area contributed by atoms with Gasteiger partial charge >= 0.3 is 6.36 Å². The maximum atomic E-state index is 12.2. The standard InChI is InChI=1S/C15H21ClF3N5O3/c1-4-12(27-24-14(21)23-13(20)22-8(2)3)25-11-6-5-9(7-10(11)16)26-15(17,18)19/h5-8,12H,4H2,1-3H3,(H5,20,21,22,23,24). The van der Waals surface area contributed by atoms with Gasteiger partial charge in [0.15, 0.2) is 5.96 Å². The van der Waals surface area contributed by atoms with Crippen LogP contribution in [0.15, 0.2) is 18.2 Å². The number of ether oxygens (including phenoxy) is 2. The summed E-state index contributed by atoms with van der Waals surface area (Å²) >= 11 is 5.90. The van der Waals surface area contributed by atoms with Crippen molar-refractivity contribution >= 4 is 23.5 Å². The fourth-order valence-corrected chi connectivity index (χ4v) is 1.92. The fraction of sp³-hybridized carbons (Fsp3) is 0.467. The summed E-state index contributed by atoms with van der Waals surface area (Å²) in [6, 6.07) is 3.24. The Morgan fingerprint density at radius 1 is 1.22 bits per heavy atom. The van der Waals surface area contributed by atoms with Crippen LogP contribution in [0.25, 0.3) is 0 Å². The van der Waals surface area contributed by atoms with E-state index in [2.05, 4.69) is 20.9 Å². The highest BCUT2D eigenvalue weighted by atomic mass is 35.5. The molecule has 0 radical (unpaired) electrons. The van der Waals surface area contributed by atoms with Crippen LogP contribution in [0.4, 0.5) is 13.2 Å². The average Bonchev–Trinajstić information content (AvgIpc) is 2.50. The third kappa shape index (κ3) is 9.20. The highest BCUT2D eigenvalue weighted by Gasteiger charge is 2.31. The Hall–Kier alpha value is -2.40. The molecule has 152 valence electrons. The van der Waals surface area contributed by atoms with Crippen molar-refractivity contribution in [3.05, 3.63) is 23.2 Å². The predicted molar refractivity (Wildman–Crippen MR) is 93.9 cm³/mol. The molecule has 1 unspecified atom stereocenters. The molecule has 0 amide bonds. The van der Waals surface area contributed by atoms with Gasteiger partial charge in [-0.05, 0) is 26.0 Å². The van der Waals surface area contributed by atoms with Gasteiger partial charge in [-0.1, -0.05) is 18.5 Å². The highest BCUT2D eigenvalue weighted by molar-refractivity contribution is 6.32. The molecule has 1 aromatic carbocycles. The van der Waals surface area contributed by atoms with Crippen LogP contribution in [0.1, 0.15) is 27.2 Å². The summed E-state index contributed by atoms with van der Waals surface area (Å²) in [6.07, 6.45) is -5.39. The van der Waals surface area contributed by atoms with Gasteiger partial charge in [0.2, 0.25) is 12.2 Å². The predicted octanol–water partition coefficient (Wildman–Crippen LogP) is 3.33. The number of rotatable bonds is 7. The van der Waals surface area contributed by atoms with Gasteiger partial charge in [-0.15, -0.1) is 13.2 Å². The lowest BCUT2D eigenvalue weighted by Crippen LogP contribution is -2.48. The summed E-state index contributed by atoms with van der Waals surface area (Å²) in [4.78, 5) is 5.18. The van der Waals surface area contributed by atoms with Gasteiger partial charge < -0.3 is 14.8 Å². The van der Waals surface area contributed by atoms with Crippen LogP contribution in [0.5, 0.6) is 11.5 Å². The number of alkyl halides is 3. The number of guanidine groups is 2. The SMILES string of the molecule is CCC(ONC(=N)NC(=N)NC(C)C)Oc1ccc(OC(F)(F)F)cc1Cl. The van der Waals surface area contributed by atoms with Gasteiger partial charge in [0.05, 0.1) is 5.02 Å². The minimum absolute atomic E-state index is 0.0110. The summed E-state index contributed by atoms with van der Waals surface area (Å²) < 4.78 is 45.8. The Kier molecular flexibility index (Phi) is 8.44. The lowest BCUT2D eigenvalue weighted by molar-refractivity contribution is -0.274. The van der Waals surface area contributed by atoms with Crippen LogP contribution in [0, 0.1) is 10.8 Å². The number of halogens is 4. The second-order valence-corrected chi connectivity index (χ2v) is 5.90. The van der Waals surface area contributed by atoms with Crippen molar-refractivity contribution in [2.24, 2.45) is 0 Å². The second kappa shape index (κ2) is 10.1. The Morgan fingerprint density at radius 3 is 2.41 bits per heavy atom. The molecule has 5 N–H and O–H groups in total. The first kappa shape index (κ1) is 22.6. The molecule has 1 rings (SSSR count). The van der Waals surface area contributed by atoms with Crippen LogP contribution in [-0.4, -0.2) is 30.6 Å². The van der Waals surface area contributed by atoms with Crippen LogP contribution in [0.2, 0.25) is 5.02 Å². The number of benzene rings is 1. The monoisotopic (exact) mass is 411 g/mol. The lowest BCUT2D eigenvalue weighted by Gasteiger charge is -2.20. The van der Waals surface area contributed by atoms with Crippen LogP contribution >= 0.6 is 11.6 Å². The van der Waals surface area contributed by atoms with Gasteiger partial charge in [-0.2, -0.15) is 0 Å². The van der Waals surface area contributed by atoms with Crippen LogP contribution in [0.3, 0.4) is 0 Å². The Balaban J connectivity index is 2.58. The van der Waals surface area contributed by atoms with Gasteiger partial charge in [-0.3, -0.25) is 16.1 Å². The van der Waals surface area contributed by atoms with Crippen molar-refractivity contribution in [3.8, 4) is 11.5 Å². The molecule has 0 heterocycles. The maximum Gasteiger partial charge on any atom is 0.573 e. The molecule has 1 aromatic rings. The third-order valence-corrected chi connectivity index (χ3v) is 3.00.